The third-order valence-electron chi connectivity index (χ3n) is 4.60. The number of hydrogen-bond donors (Lipinski definition) is 3. The van der Waals surface area contributed by atoms with Crippen LogP contribution in [0.1, 0.15) is 5.56 Å². The van der Waals surface area contributed by atoms with Crippen molar-refractivity contribution in [3.63, 3.8) is 0 Å². The minimum Gasteiger partial charge on any atom is -0.497 e. The molecule has 0 bridgehead atoms. The number of H-pyrrole nitrogens is 2. The van der Waals surface area contributed by atoms with Crippen molar-refractivity contribution in [3.8, 4) is 28.5 Å². The highest BCUT2D eigenvalue weighted by molar-refractivity contribution is 6.05. The minimum absolute atomic E-state index is 0.710. The topological polar surface area (TPSA) is 71.3 Å². The highest BCUT2D eigenvalue weighted by atomic mass is 16.5. The van der Waals surface area contributed by atoms with Gasteiger partial charge in [-0.15, -0.1) is 0 Å². The molecule has 1 aliphatic heterocycles. The largest absolute Gasteiger partial charge is 0.497 e. The van der Waals surface area contributed by atoms with Crippen molar-refractivity contribution in [2.24, 2.45) is 0 Å². The van der Waals surface area contributed by atoms with Gasteiger partial charge in [0.25, 0.3) is 0 Å². The minimum atomic E-state index is 0.710. The molecule has 3 N–H and O–H groups in total. The standard InChI is InChI=1S/C20H21N3O3/c1-24-14-6-4-12(5-7-14)11-21-20-16-8-13-9-17(25-2)18(26-3)10-15(13)19(16)22-23-20/h4-10,21-23H,11H2,1-3H3. The molecule has 0 amide bonds. The zero-order chi connectivity index (χ0) is 18.1. The Morgan fingerprint density at radius 2 is 1.58 bits per heavy atom. The fraction of sp³-hybridized carbons (Fsp3) is 0.200. The van der Waals surface area contributed by atoms with Crippen LogP contribution in [0.25, 0.3) is 22.0 Å². The van der Waals surface area contributed by atoms with Gasteiger partial charge >= 0.3 is 0 Å². The zero-order valence-electron chi connectivity index (χ0n) is 15.0. The van der Waals surface area contributed by atoms with Gasteiger partial charge in [-0.25, -0.2) is 0 Å². The third-order valence-corrected chi connectivity index (χ3v) is 4.60. The van der Waals surface area contributed by atoms with Gasteiger partial charge < -0.3 is 19.5 Å². The molecule has 26 heavy (non-hydrogen) atoms. The zero-order valence-corrected chi connectivity index (χ0v) is 15.0. The summed E-state index contributed by atoms with van der Waals surface area (Å²) in [6.07, 6.45) is 0. The van der Waals surface area contributed by atoms with Crippen LogP contribution in [0.3, 0.4) is 0 Å². The summed E-state index contributed by atoms with van der Waals surface area (Å²) in [6, 6.07) is 14.1. The maximum Gasteiger partial charge on any atom is 0.161 e. The molecule has 6 heteroatoms. The van der Waals surface area contributed by atoms with E-state index in [1.807, 2.05) is 36.4 Å². The Hall–Kier alpha value is -3.28. The quantitative estimate of drug-likeness (QED) is 0.486. The number of anilines is 1. The van der Waals surface area contributed by atoms with Crippen LogP contribution in [-0.4, -0.2) is 31.5 Å². The van der Waals surface area contributed by atoms with Gasteiger partial charge in [0.1, 0.15) is 11.6 Å². The van der Waals surface area contributed by atoms with Gasteiger partial charge in [-0.2, -0.15) is 0 Å². The first kappa shape index (κ1) is 16.2. The van der Waals surface area contributed by atoms with Crippen LogP contribution in [0.2, 0.25) is 0 Å². The number of benzene rings is 2. The number of aromatic nitrogens is 2. The lowest BCUT2D eigenvalue weighted by Gasteiger charge is -2.07. The number of ether oxygens (including phenoxy) is 3. The van der Waals surface area contributed by atoms with Crippen molar-refractivity contribution in [3.05, 3.63) is 48.0 Å². The van der Waals surface area contributed by atoms with Gasteiger partial charge in [-0.05, 0) is 41.3 Å². The normalized spacial score (nSPS) is 11.0. The summed E-state index contributed by atoms with van der Waals surface area (Å²) in [5.74, 6) is 3.25. The second-order valence-electron chi connectivity index (χ2n) is 6.05. The van der Waals surface area contributed by atoms with Gasteiger partial charge in [0.05, 0.1) is 27.0 Å². The summed E-state index contributed by atoms with van der Waals surface area (Å²) in [5.41, 5.74) is 3.31. The highest BCUT2D eigenvalue weighted by Crippen LogP contribution is 2.42. The lowest BCUT2D eigenvalue weighted by atomic mass is 10.2. The van der Waals surface area contributed by atoms with E-state index in [0.29, 0.717) is 6.54 Å². The molecule has 2 aromatic rings. The molecule has 0 fully saturated rings. The summed E-state index contributed by atoms with van der Waals surface area (Å²) >= 11 is 0. The van der Waals surface area contributed by atoms with Crippen LogP contribution in [0.15, 0.2) is 42.5 Å². The number of aromatic amines is 2. The van der Waals surface area contributed by atoms with Crippen LogP contribution in [0.4, 0.5) is 5.82 Å². The van der Waals surface area contributed by atoms with Crippen molar-refractivity contribution < 1.29 is 14.2 Å². The average Bonchev–Trinajstić information content (AvgIpc) is 3.24. The van der Waals surface area contributed by atoms with E-state index < -0.39 is 0 Å². The van der Waals surface area contributed by atoms with Gasteiger partial charge in [0, 0.05) is 17.5 Å². The molecule has 1 aliphatic carbocycles. The number of fused-ring (bicyclic) bond motifs is 3. The molecule has 0 radical (unpaired) electrons. The monoisotopic (exact) mass is 351 g/mol. The predicted octanol–water partition coefficient (Wildman–Crippen LogP) is 4.24. The van der Waals surface area contributed by atoms with E-state index in [2.05, 4.69) is 21.6 Å². The Labute approximate surface area is 151 Å². The fourth-order valence-electron chi connectivity index (χ4n) is 3.20. The van der Waals surface area contributed by atoms with E-state index >= 15 is 0 Å². The van der Waals surface area contributed by atoms with E-state index in [9.17, 15) is 0 Å². The molecule has 134 valence electrons. The molecule has 2 aliphatic rings. The van der Waals surface area contributed by atoms with E-state index in [1.54, 1.807) is 21.3 Å². The predicted molar refractivity (Wildman–Crippen MR) is 103 cm³/mol. The second kappa shape index (κ2) is 6.55. The molecule has 1 heterocycles. The molecule has 0 saturated heterocycles. The van der Waals surface area contributed by atoms with Gasteiger partial charge in [-0.1, -0.05) is 12.1 Å². The molecular formula is C20H21N3O3. The van der Waals surface area contributed by atoms with Crippen molar-refractivity contribution in [2.75, 3.05) is 26.6 Å². The molecule has 6 nitrogen and oxygen atoms in total. The van der Waals surface area contributed by atoms with Gasteiger partial charge in [0.2, 0.25) is 0 Å². The van der Waals surface area contributed by atoms with Crippen LogP contribution in [0.5, 0.6) is 17.2 Å². The summed E-state index contributed by atoms with van der Waals surface area (Å²) in [7, 11) is 4.96. The summed E-state index contributed by atoms with van der Waals surface area (Å²) in [4.78, 5) is 0. The Balaban J connectivity index is 1.62. The van der Waals surface area contributed by atoms with Crippen molar-refractivity contribution in [2.45, 2.75) is 6.54 Å². The molecule has 0 saturated carbocycles. The maximum absolute atomic E-state index is 5.42. The molecular weight excluding hydrogens is 330 g/mol. The van der Waals surface area contributed by atoms with Crippen LogP contribution < -0.4 is 19.5 Å². The van der Waals surface area contributed by atoms with Crippen molar-refractivity contribution in [1.82, 2.24) is 10.2 Å². The van der Waals surface area contributed by atoms with E-state index in [1.165, 1.54) is 5.56 Å². The van der Waals surface area contributed by atoms with E-state index in [-0.39, 0.29) is 0 Å². The molecule has 4 rings (SSSR count). The maximum atomic E-state index is 5.42. The smallest absolute Gasteiger partial charge is 0.161 e. The molecule has 0 atom stereocenters. The van der Waals surface area contributed by atoms with Crippen molar-refractivity contribution >= 4 is 16.6 Å². The SMILES string of the molecule is COc1ccc(CNc2[nH][nH]c3c4cc(OC)c(OC)cc4cc2-3)cc1. The molecule has 0 unspecified atom stereocenters. The third kappa shape index (κ3) is 2.69. The Morgan fingerprint density at radius 1 is 0.846 bits per heavy atom. The Morgan fingerprint density at radius 3 is 2.27 bits per heavy atom. The summed E-state index contributed by atoms with van der Waals surface area (Å²) in [6.45, 7) is 0.710. The second-order valence-corrected chi connectivity index (χ2v) is 6.05. The Kier molecular flexibility index (Phi) is 4.08. The van der Waals surface area contributed by atoms with Crippen LogP contribution >= 0.6 is 0 Å². The fourth-order valence-corrected chi connectivity index (χ4v) is 3.20. The Bertz CT molecular complexity index is 1000. The summed E-state index contributed by atoms with van der Waals surface area (Å²) < 4.78 is 16.0. The first-order chi connectivity index (χ1) is 12.7. The lowest BCUT2D eigenvalue weighted by Crippen LogP contribution is -2.00. The number of hydrogen-bond acceptors (Lipinski definition) is 4. The van der Waals surface area contributed by atoms with Gasteiger partial charge in [0.15, 0.2) is 11.5 Å². The summed E-state index contributed by atoms with van der Waals surface area (Å²) in [5, 5.41) is 12.1. The highest BCUT2D eigenvalue weighted by Gasteiger charge is 2.19. The van der Waals surface area contributed by atoms with Crippen LogP contribution in [0, 0.1) is 0 Å². The first-order valence-corrected chi connectivity index (χ1v) is 8.35. The number of methoxy groups -OCH3 is 3. The van der Waals surface area contributed by atoms with Gasteiger partial charge in [-0.3, -0.25) is 10.2 Å². The number of nitrogens with one attached hydrogen (secondary N) is 3. The molecule has 0 spiro atoms. The first-order valence-electron chi connectivity index (χ1n) is 8.35. The van der Waals surface area contributed by atoms with E-state index in [4.69, 9.17) is 14.2 Å². The number of rotatable bonds is 6. The molecule has 0 aromatic heterocycles. The van der Waals surface area contributed by atoms with Crippen LogP contribution in [-0.2, 0) is 6.54 Å². The lowest BCUT2D eigenvalue weighted by molar-refractivity contribution is 0.356. The van der Waals surface area contributed by atoms with E-state index in [0.717, 1.165) is 45.1 Å². The average molecular weight is 351 g/mol. The molecule has 2 aromatic carbocycles. The van der Waals surface area contributed by atoms with Crippen molar-refractivity contribution in [1.29, 1.82) is 0 Å².